The zero-order valence-electron chi connectivity index (χ0n) is 30.9. The van der Waals surface area contributed by atoms with Gasteiger partial charge in [-0.15, -0.1) is 0 Å². The smallest absolute Gasteiger partial charge is 0.303 e. The number of hydrogen-bond acceptors (Lipinski definition) is 13. The van der Waals surface area contributed by atoms with Gasteiger partial charge in [-0.05, 0) is 82.4 Å². The molecule has 5 aliphatic rings. The molecule has 0 spiro atoms. The second kappa shape index (κ2) is 12.7. The molecule has 4 aliphatic carbocycles. The zero-order valence-corrected chi connectivity index (χ0v) is 30.9. The lowest BCUT2D eigenvalue weighted by molar-refractivity contribution is -0.291. The Kier molecular flexibility index (Phi) is 9.80. The molecule has 2 saturated carbocycles. The summed E-state index contributed by atoms with van der Waals surface area (Å²) in [6.07, 6.45) is -2.57. The molecule has 284 valence electrons. The fourth-order valence-corrected chi connectivity index (χ4v) is 10.3. The van der Waals surface area contributed by atoms with Gasteiger partial charge in [0.2, 0.25) is 12.1 Å². The van der Waals surface area contributed by atoms with Crippen molar-refractivity contribution in [3.8, 4) is 0 Å². The van der Waals surface area contributed by atoms with Gasteiger partial charge in [-0.25, -0.2) is 0 Å². The molecule has 0 aromatic carbocycles. The van der Waals surface area contributed by atoms with Crippen LogP contribution in [0.15, 0.2) is 35.6 Å². The van der Waals surface area contributed by atoms with Crippen LogP contribution in [0.25, 0.3) is 0 Å². The normalized spacial score (nSPS) is 43.3. The number of fused-ring (bicyclic) bond motifs is 5. The molecule has 3 unspecified atom stereocenters. The number of aliphatic hydroxyl groups is 6. The standard InChI is InChI=1S/C38H54O13/c1-18(40)51-33(2,3)13-12-25(42)38(9,48)30-21(41)15-35(6)24-11-10-19-20(37(24,8)26(43)16-36(30,35)7)14-22(31(47)34(19,4)5)49-32-29(46)28(45)27(44)23(17-39)50-32/h10,12-14,20-21,23-24,27-30,32,39,41,44-46,48H,11,15-17H2,1-9H3/b13-12+/t20?,21-,23-,24?,27-,28+,29-,30?,32-,35+,36-,37+,38+/m1/s1. The summed E-state index contributed by atoms with van der Waals surface area (Å²) in [5.74, 6) is -4.17. The molecule has 1 heterocycles. The van der Waals surface area contributed by atoms with Crippen LogP contribution in [0, 0.1) is 39.4 Å². The molecule has 51 heavy (non-hydrogen) atoms. The van der Waals surface area contributed by atoms with Gasteiger partial charge in [0.15, 0.2) is 11.5 Å². The third-order valence-corrected chi connectivity index (χ3v) is 13.3. The molecule has 0 aromatic rings. The largest absolute Gasteiger partial charge is 0.459 e. The van der Waals surface area contributed by atoms with Crippen LogP contribution in [0.4, 0.5) is 0 Å². The van der Waals surface area contributed by atoms with Crippen LogP contribution in [-0.4, -0.2) is 109 Å². The van der Waals surface area contributed by atoms with E-state index in [0.29, 0.717) is 12.0 Å². The predicted octanol–water partition coefficient (Wildman–Crippen LogP) is 1.45. The lowest BCUT2D eigenvalue weighted by Crippen LogP contribution is -2.64. The molecule has 0 amide bonds. The highest BCUT2D eigenvalue weighted by atomic mass is 16.7. The maximum absolute atomic E-state index is 14.8. The average molecular weight is 719 g/mol. The molecule has 0 bridgehead atoms. The molecule has 0 aromatic heterocycles. The summed E-state index contributed by atoms with van der Waals surface area (Å²) < 4.78 is 16.7. The molecule has 1 saturated heterocycles. The summed E-state index contributed by atoms with van der Waals surface area (Å²) in [6.45, 7) is 14.2. The van der Waals surface area contributed by atoms with Crippen LogP contribution in [0.1, 0.15) is 81.6 Å². The second-order valence-corrected chi connectivity index (χ2v) is 17.2. The predicted molar refractivity (Wildman–Crippen MR) is 180 cm³/mol. The van der Waals surface area contributed by atoms with E-state index in [2.05, 4.69) is 0 Å². The topological polar surface area (TPSA) is 217 Å². The molecule has 1 aliphatic heterocycles. The van der Waals surface area contributed by atoms with E-state index in [1.807, 2.05) is 26.8 Å². The fraction of sp³-hybridized carbons (Fsp3) is 0.737. The summed E-state index contributed by atoms with van der Waals surface area (Å²) in [7, 11) is 0. The van der Waals surface area contributed by atoms with Crippen LogP contribution < -0.4 is 0 Å². The first kappa shape index (κ1) is 39.4. The van der Waals surface area contributed by atoms with Gasteiger partial charge in [-0.3, -0.25) is 19.2 Å². The number of carbonyl (C=O) groups is 4. The maximum atomic E-state index is 14.8. The van der Waals surface area contributed by atoms with Crippen molar-refractivity contribution in [3.05, 3.63) is 35.6 Å². The van der Waals surface area contributed by atoms with Crippen LogP contribution >= 0.6 is 0 Å². The minimum Gasteiger partial charge on any atom is -0.459 e. The number of esters is 1. The van der Waals surface area contributed by atoms with Crippen LogP contribution in [0.3, 0.4) is 0 Å². The van der Waals surface area contributed by atoms with E-state index in [1.165, 1.54) is 19.9 Å². The van der Waals surface area contributed by atoms with Crippen molar-refractivity contribution in [2.45, 2.75) is 130 Å². The first-order chi connectivity index (χ1) is 23.3. The van der Waals surface area contributed by atoms with Crippen molar-refractivity contribution in [1.82, 2.24) is 0 Å². The summed E-state index contributed by atoms with van der Waals surface area (Å²) in [6, 6.07) is 0. The highest BCUT2D eigenvalue weighted by molar-refractivity contribution is 6.02. The van der Waals surface area contributed by atoms with Gasteiger partial charge in [-0.2, -0.15) is 0 Å². The third kappa shape index (κ3) is 5.87. The van der Waals surface area contributed by atoms with Crippen molar-refractivity contribution in [1.29, 1.82) is 0 Å². The zero-order chi connectivity index (χ0) is 38.4. The van der Waals surface area contributed by atoms with E-state index in [0.717, 1.165) is 6.08 Å². The minimum absolute atomic E-state index is 0.0841. The maximum Gasteiger partial charge on any atom is 0.303 e. The molecule has 13 heteroatoms. The Morgan fingerprint density at radius 1 is 1.00 bits per heavy atom. The van der Waals surface area contributed by atoms with Crippen LogP contribution in [-0.2, 0) is 33.4 Å². The van der Waals surface area contributed by atoms with Crippen molar-refractivity contribution in [3.63, 3.8) is 0 Å². The monoisotopic (exact) mass is 718 g/mol. The number of allylic oxidation sites excluding steroid dienone is 4. The van der Waals surface area contributed by atoms with Gasteiger partial charge in [0, 0.05) is 30.6 Å². The SMILES string of the molecule is CC(=O)OC(C)(C)/C=C/C(=O)[C@](C)(O)C1[C@H](O)C[C@@]2(C)C3CC=C4C(C=C(O[C@@H]5O[C@H](CO)[C@@H](O)[C@H](O)[C@H]5O)C(=O)C4(C)C)[C@]3(C)C(=O)C[C@]12C. The van der Waals surface area contributed by atoms with Crippen molar-refractivity contribution < 1.29 is 64.0 Å². The molecule has 13 nitrogen and oxygen atoms in total. The van der Waals surface area contributed by atoms with Crippen molar-refractivity contribution in [2.24, 2.45) is 39.4 Å². The Morgan fingerprint density at radius 3 is 2.22 bits per heavy atom. The Hall–Kier alpha value is -2.78. The molecule has 5 rings (SSSR count). The molecular weight excluding hydrogens is 664 g/mol. The number of ether oxygens (including phenoxy) is 3. The van der Waals surface area contributed by atoms with Crippen molar-refractivity contribution in [2.75, 3.05) is 6.61 Å². The average Bonchev–Trinajstić information content (AvgIpc) is 3.22. The Morgan fingerprint density at radius 2 is 1.63 bits per heavy atom. The number of hydrogen-bond donors (Lipinski definition) is 6. The van der Waals surface area contributed by atoms with Gasteiger partial charge in [0.1, 0.15) is 41.4 Å². The lowest BCUT2D eigenvalue weighted by atomic mass is 9.39. The van der Waals surface area contributed by atoms with E-state index >= 15 is 0 Å². The molecule has 3 fully saturated rings. The highest BCUT2D eigenvalue weighted by Gasteiger charge is 2.74. The van der Waals surface area contributed by atoms with Crippen LogP contribution in [0.5, 0.6) is 0 Å². The summed E-state index contributed by atoms with van der Waals surface area (Å²) in [5.41, 5.74) is -6.62. The van der Waals surface area contributed by atoms with Gasteiger partial charge >= 0.3 is 5.97 Å². The van der Waals surface area contributed by atoms with Gasteiger partial charge in [0.25, 0.3) is 0 Å². The fourth-order valence-electron chi connectivity index (χ4n) is 10.3. The van der Waals surface area contributed by atoms with E-state index in [-0.39, 0.29) is 24.4 Å². The van der Waals surface area contributed by atoms with Crippen molar-refractivity contribution >= 4 is 23.3 Å². The van der Waals surface area contributed by atoms with Crippen LogP contribution in [0.2, 0.25) is 0 Å². The lowest BCUT2D eigenvalue weighted by Gasteiger charge is -2.63. The highest BCUT2D eigenvalue weighted by Crippen LogP contribution is 2.73. The summed E-state index contributed by atoms with van der Waals surface area (Å²) in [5, 5.41) is 64.6. The number of ketones is 3. The van der Waals surface area contributed by atoms with E-state index in [9.17, 15) is 49.8 Å². The van der Waals surface area contributed by atoms with Gasteiger partial charge < -0.3 is 44.8 Å². The minimum atomic E-state index is -2.09. The number of carbonyl (C=O) groups excluding carboxylic acids is 4. The Labute approximate surface area is 298 Å². The third-order valence-electron chi connectivity index (χ3n) is 13.3. The summed E-state index contributed by atoms with van der Waals surface area (Å²) >= 11 is 0. The second-order valence-electron chi connectivity index (χ2n) is 17.2. The summed E-state index contributed by atoms with van der Waals surface area (Å²) in [4.78, 5) is 53.9. The van der Waals surface area contributed by atoms with E-state index < -0.39 is 112 Å². The van der Waals surface area contributed by atoms with E-state index in [1.54, 1.807) is 33.8 Å². The Bertz CT molecular complexity index is 1570. The first-order valence-electron chi connectivity index (χ1n) is 17.6. The molecule has 6 N–H and O–H groups in total. The Balaban J connectivity index is 1.52. The number of aliphatic hydroxyl groups excluding tert-OH is 5. The molecule has 0 radical (unpaired) electrons. The van der Waals surface area contributed by atoms with Gasteiger partial charge in [0.05, 0.1) is 18.1 Å². The number of rotatable bonds is 8. The first-order valence-corrected chi connectivity index (χ1v) is 17.6. The quantitative estimate of drug-likeness (QED) is 0.119. The number of Topliss-reactive ketones (excluding diaryl/α,β-unsaturated/α-hetero) is 2. The molecular formula is C38H54O13. The molecule has 13 atom stereocenters. The van der Waals surface area contributed by atoms with Gasteiger partial charge in [-0.1, -0.05) is 32.4 Å². The van der Waals surface area contributed by atoms with E-state index in [4.69, 9.17) is 14.2 Å².